The van der Waals surface area contributed by atoms with E-state index in [9.17, 15) is 9.59 Å². The minimum absolute atomic E-state index is 0.0808. The van der Waals surface area contributed by atoms with E-state index in [4.69, 9.17) is 4.74 Å². The summed E-state index contributed by atoms with van der Waals surface area (Å²) in [5.74, 6) is -0.507. The van der Waals surface area contributed by atoms with E-state index >= 15 is 0 Å². The molecule has 6 nitrogen and oxygen atoms in total. The summed E-state index contributed by atoms with van der Waals surface area (Å²) in [6.07, 6.45) is 2.92. The number of piperidine rings is 1. The molecule has 1 aliphatic rings. The Morgan fingerprint density at radius 3 is 2.39 bits per heavy atom. The molecule has 2 amide bonds. The van der Waals surface area contributed by atoms with E-state index in [2.05, 4.69) is 22.5 Å². The number of rotatable bonds is 5. The molecule has 6 heteroatoms. The highest BCUT2D eigenvalue weighted by Crippen LogP contribution is 2.15. The topological polar surface area (TPSA) is 70.7 Å². The van der Waals surface area contributed by atoms with Gasteiger partial charge in [-0.15, -0.1) is 0 Å². The Morgan fingerprint density at radius 1 is 1.17 bits per heavy atom. The molecule has 0 aliphatic carbocycles. The molecular weight excluding hydrogens is 294 g/mol. The number of carbonyl (C=O) groups excluding carboxylic acids is 2. The minimum Gasteiger partial charge on any atom is -0.497 e. The highest BCUT2D eigenvalue weighted by atomic mass is 16.5. The van der Waals surface area contributed by atoms with Gasteiger partial charge in [0, 0.05) is 24.8 Å². The third-order valence-electron chi connectivity index (χ3n) is 4.02. The second kappa shape index (κ2) is 8.53. The first-order chi connectivity index (χ1) is 11.1. The maximum absolute atomic E-state index is 12.0. The van der Waals surface area contributed by atoms with Crippen molar-refractivity contribution in [2.24, 2.45) is 0 Å². The molecule has 2 rings (SSSR count). The fraction of sp³-hybridized carbons (Fsp3) is 0.529. The van der Waals surface area contributed by atoms with Crippen molar-refractivity contribution in [2.45, 2.75) is 32.2 Å². The van der Waals surface area contributed by atoms with Gasteiger partial charge < -0.3 is 20.3 Å². The number of hydrogen-bond acceptors (Lipinski definition) is 4. The van der Waals surface area contributed by atoms with Crippen LogP contribution in [-0.2, 0) is 9.59 Å². The number of nitrogens with one attached hydrogen (secondary N) is 2. The van der Waals surface area contributed by atoms with Gasteiger partial charge in [-0.1, -0.05) is 6.92 Å². The predicted octanol–water partition coefficient (Wildman–Crippen LogP) is 1.62. The Balaban J connectivity index is 1.77. The van der Waals surface area contributed by atoms with Crippen molar-refractivity contribution < 1.29 is 14.3 Å². The van der Waals surface area contributed by atoms with Gasteiger partial charge in [-0.25, -0.2) is 0 Å². The third kappa shape index (κ3) is 5.25. The van der Waals surface area contributed by atoms with E-state index < -0.39 is 11.8 Å². The molecule has 0 aromatic heterocycles. The van der Waals surface area contributed by atoms with Crippen molar-refractivity contribution in [1.82, 2.24) is 10.2 Å². The molecule has 1 saturated heterocycles. The highest BCUT2D eigenvalue weighted by Gasteiger charge is 2.23. The van der Waals surface area contributed by atoms with E-state index in [0.717, 1.165) is 38.9 Å². The molecule has 23 heavy (non-hydrogen) atoms. The summed E-state index contributed by atoms with van der Waals surface area (Å²) in [4.78, 5) is 26.3. The van der Waals surface area contributed by atoms with Crippen LogP contribution in [0.5, 0.6) is 5.75 Å². The molecule has 1 aromatic rings. The lowest BCUT2D eigenvalue weighted by atomic mass is 10.0. The maximum atomic E-state index is 12.0. The maximum Gasteiger partial charge on any atom is 0.313 e. The third-order valence-corrected chi connectivity index (χ3v) is 4.02. The lowest BCUT2D eigenvalue weighted by Crippen LogP contribution is -2.47. The Bertz CT molecular complexity index is 522. The summed E-state index contributed by atoms with van der Waals surface area (Å²) < 4.78 is 5.05. The van der Waals surface area contributed by atoms with E-state index in [0.29, 0.717) is 11.4 Å². The standard InChI is InChI=1S/C17H25N3O3/c1-3-10-20-11-8-14(9-12-20)19-17(22)16(21)18-13-4-6-15(23-2)7-5-13/h4-7,14H,3,8-12H2,1-2H3,(H,18,21)(H,19,22). The summed E-state index contributed by atoms with van der Waals surface area (Å²) >= 11 is 0. The van der Waals surface area contributed by atoms with Crippen molar-refractivity contribution in [1.29, 1.82) is 0 Å². The van der Waals surface area contributed by atoms with Crippen LogP contribution in [0.4, 0.5) is 5.69 Å². The molecule has 0 saturated carbocycles. The normalized spacial score (nSPS) is 15.9. The van der Waals surface area contributed by atoms with Crippen LogP contribution >= 0.6 is 0 Å². The Labute approximate surface area is 137 Å². The fourth-order valence-corrected chi connectivity index (χ4v) is 2.73. The molecule has 1 aromatic carbocycles. The molecule has 2 N–H and O–H groups in total. The van der Waals surface area contributed by atoms with E-state index in [1.165, 1.54) is 0 Å². The zero-order chi connectivity index (χ0) is 16.7. The molecule has 1 fully saturated rings. The van der Waals surface area contributed by atoms with Gasteiger partial charge in [0.2, 0.25) is 0 Å². The van der Waals surface area contributed by atoms with Gasteiger partial charge in [-0.05, 0) is 50.1 Å². The lowest BCUT2D eigenvalue weighted by molar-refractivity contribution is -0.136. The number of methoxy groups -OCH3 is 1. The van der Waals surface area contributed by atoms with Crippen molar-refractivity contribution >= 4 is 17.5 Å². The molecule has 0 atom stereocenters. The molecule has 1 heterocycles. The van der Waals surface area contributed by atoms with E-state index in [1.54, 1.807) is 31.4 Å². The number of ether oxygens (including phenoxy) is 1. The molecule has 0 spiro atoms. The first kappa shape index (κ1) is 17.3. The van der Waals surface area contributed by atoms with Gasteiger partial charge in [0.15, 0.2) is 0 Å². The second-order valence-corrected chi connectivity index (χ2v) is 5.77. The van der Waals surface area contributed by atoms with Crippen LogP contribution in [-0.4, -0.2) is 49.5 Å². The summed E-state index contributed by atoms with van der Waals surface area (Å²) in [5.41, 5.74) is 0.573. The van der Waals surface area contributed by atoms with Gasteiger partial charge >= 0.3 is 11.8 Å². The fourth-order valence-electron chi connectivity index (χ4n) is 2.73. The lowest BCUT2D eigenvalue weighted by Gasteiger charge is -2.31. The quantitative estimate of drug-likeness (QED) is 0.809. The largest absolute Gasteiger partial charge is 0.497 e. The van der Waals surface area contributed by atoms with Crippen molar-refractivity contribution in [3.8, 4) is 5.75 Å². The monoisotopic (exact) mass is 319 g/mol. The number of benzene rings is 1. The number of hydrogen-bond donors (Lipinski definition) is 2. The van der Waals surface area contributed by atoms with Crippen LogP contribution in [0.2, 0.25) is 0 Å². The van der Waals surface area contributed by atoms with Gasteiger partial charge in [-0.2, -0.15) is 0 Å². The molecule has 1 aliphatic heterocycles. The summed E-state index contributed by atoms with van der Waals surface area (Å²) in [6, 6.07) is 6.95. The highest BCUT2D eigenvalue weighted by molar-refractivity contribution is 6.39. The molecule has 126 valence electrons. The van der Waals surface area contributed by atoms with Crippen LogP contribution in [0, 0.1) is 0 Å². The predicted molar refractivity (Wildman–Crippen MR) is 89.5 cm³/mol. The Morgan fingerprint density at radius 2 is 1.83 bits per heavy atom. The van der Waals surface area contributed by atoms with Crippen molar-refractivity contribution in [2.75, 3.05) is 32.1 Å². The van der Waals surface area contributed by atoms with Gasteiger partial charge in [0.25, 0.3) is 0 Å². The molecular formula is C17H25N3O3. The molecule has 0 bridgehead atoms. The number of amides is 2. The minimum atomic E-state index is -0.633. The van der Waals surface area contributed by atoms with Gasteiger partial charge in [-0.3, -0.25) is 9.59 Å². The van der Waals surface area contributed by atoms with E-state index in [-0.39, 0.29) is 6.04 Å². The Kier molecular flexibility index (Phi) is 6.40. The van der Waals surface area contributed by atoms with Gasteiger partial charge in [0.1, 0.15) is 5.75 Å². The van der Waals surface area contributed by atoms with Crippen LogP contribution < -0.4 is 15.4 Å². The smallest absolute Gasteiger partial charge is 0.313 e. The summed E-state index contributed by atoms with van der Waals surface area (Å²) in [5, 5.41) is 5.42. The molecule has 0 radical (unpaired) electrons. The van der Waals surface area contributed by atoms with E-state index in [1.807, 2.05) is 0 Å². The van der Waals surface area contributed by atoms with Crippen LogP contribution in [0.3, 0.4) is 0 Å². The van der Waals surface area contributed by atoms with Gasteiger partial charge in [0.05, 0.1) is 7.11 Å². The number of nitrogens with zero attached hydrogens (tertiary/aromatic N) is 1. The number of anilines is 1. The average molecular weight is 319 g/mol. The SMILES string of the molecule is CCCN1CCC(NC(=O)C(=O)Nc2ccc(OC)cc2)CC1. The van der Waals surface area contributed by atoms with Crippen LogP contribution in [0.1, 0.15) is 26.2 Å². The number of likely N-dealkylation sites (tertiary alicyclic amines) is 1. The zero-order valence-electron chi connectivity index (χ0n) is 13.8. The second-order valence-electron chi connectivity index (χ2n) is 5.77. The molecule has 0 unspecified atom stereocenters. The summed E-state index contributed by atoms with van der Waals surface area (Å²) in [6.45, 7) is 5.20. The Hall–Kier alpha value is -2.08. The average Bonchev–Trinajstić information content (AvgIpc) is 2.57. The summed E-state index contributed by atoms with van der Waals surface area (Å²) in [7, 11) is 1.58. The van der Waals surface area contributed by atoms with Crippen LogP contribution in [0.15, 0.2) is 24.3 Å². The number of carbonyl (C=O) groups is 2. The first-order valence-electron chi connectivity index (χ1n) is 8.10. The van der Waals surface area contributed by atoms with Crippen molar-refractivity contribution in [3.05, 3.63) is 24.3 Å². The zero-order valence-corrected chi connectivity index (χ0v) is 13.8. The van der Waals surface area contributed by atoms with Crippen molar-refractivity contribution in [3.63, 3.8) is 0 Å². The first-order valence-corrected chi connectivity index (χ1v) is 8.10. The van der Waals surface area contributed by atoms with Crippen LogP contribution in [0.25, 0.3) is 0 Å².